The molecule has 31 heavy (non-hydrogen) atoms. The van der Waals surface area contributed by atoms with Crippen molar-refractivity contribution in [2.75, 3.05) is 43.4 Å². The van der Waals surface area contributed by atoms with E-state index in [2.05, 4.69) is 39.3 Å². The molecule has 7 nitrogen and oxygen atoms in total. The van der Waals surface area contributed by atoms with Crippen molar-refractivity contribution >= 4 is 28.2 Å². The normalized spacial score (nSPS) is 14.7. The minimum Gasteiger partial charge on any atom is -0.369 e. The van der Waals surface area contributed by atoms with Gasteiger partial charge in [-0.25, -0.2) is 4.98 Å². The summed E-state index contributed by atoms with van der Waals surface area (Å²) in [5, 5.41) is 3.56. The molecule has 2 aromatic carbocycles. The minimum absolute atomic E-state index is 0.116. The molecular formula is C24H29N5O2. The highest BCUT2D eigenvalue weighted by atomic mass is 16.2. The Morgan fingerprint density at radius 3 is 2.58 bits per heavy atom. The molecule has 0 unspecified atom stereocenters. The fourth-order valence-electron chi connectivity index (χ4n) is 3.98. The second kappa shape index (κ2) is 8.89. The topological polar surface area (TPSA) is 70.5 Å². The van der Waals surface area contributed by atoms with Gasteiger partial charge in [0, 0.05) is 50.5 Å². The van der Waals surface area contributed by atoms with E-state index in [0.29, 0.717) is 17.4 Å². The van der Waals surface area contributed by atoms with Gasteiger partial charge in [0.25, 0.3) is 5.56 Å². The summed E-state index contributed by atoms with van der Waals surface area (Å²) in [7, 11) is 2.14. The predicted molar refractivity (Wildman–Crippen MR) is 125 cm³/mol. The van der Waals surface area contributed by atoms with Crippen LogP contribution in [-0.4, -0.2) is 53.6 Å². The summed E-state index contributed by atoms with van der Waals surface area (Å²) in [5.41, 5.74) is 4.59. The predicted octanol–water partition coefficient (Wildman–Crippen LogP) is 2.79. The molecule has 0 radical (unpaired) electrons. The standard InChI is InChI=1S/C24H29N5O2/c1-17-5-4-6-20-23(17)25-16-29(24(20)31)10-9-22(30)26-21-8-7-19(15-18(21)2)28-13-11-27(3)12-14-28/h4-8,15-16H,9-14H2,1-3H3,(H,26,30). The van der Waals surface area contributed by atoms with Crippen molar-refractivity contribution in [3.8, 4) is 0 Å². The van der Waals surface area contributed by atoms with E-state index in [-0.39, 0.29) is 17.9 Å². The van der Waals surface area contributed by atoms with Crippen LogP contribution in [0.5, 0.6) is 0 Å². The van der Waals surface area contributed by atoms with E-state index < -0.39 is 0 Å². The highest BCUT2D eigenvalue weighted by molar-refractivity contribution is 5.91. The Balaban J connectivity index is 1.39. The molecule has 1 aromatic heterocycles. The molecule has 1 amide bonds. The van der Waals surface area contributed by atoms with Gasteiger partial charge in [-0.2, -0.15) is 0 Å². The first-order chi connectivity index (χ1) is 14.9. The lowest BCUT2D eigenvalue weighted by molar-refractivity contribution is -0.116. The molecule has 0 aliphatic carbocycles. The zero-order chi connectivity index (χ0) is 22.0. The van der Waals surface area contributed by atoms with Crippen molar-refractivity contribution in [3.05, 3.63) is 64.2 Å². The van der Waals surface area contributed by atoms with E-state index in [1.165, 1.54) is 16.6 Å². The van der Waals surface area contributed by atoms with Crippen LogP contribution in [0.15, 0.2) is 47.5 Å². The molecule has 1 N–H and O–H groups in total. The molecule has 0 atom stereocenters. The summed E-state index contributed by atoms with van der Waals surface area (Å²) in [5.74, 6) is -0.119. The average molecular weight is 420 g/mol. The molecular weight excluding hydrogens is 390 g/mol. The maximum atomic E-state index is 12.7. The smallest absolute Gasteiger partial charge is 0.261 e. The fraction of sp³-hybridized carbons (Fsp3) is 0.375. The zero-order valence-corrected chi connectivity index (χ0v) is 18.4. The first kappa shape index (κ1) is 21.1. The lowest BCUT2D eigenvalue weighted by Gasteiger charge is -2.34. The number of hydrogen-bond acceptors (Lipinski definition) is 5. The van der Waals surface area contributed by atoms with Crippen molar-refractivity contribution < 1.29 is 4.79 Å². The largest absolute Gasteiger partial charge is 0.369 e. The summed E-state index contributed by atoms with van der Waals surface area (Å²) in [6.07, 6.45) is 1.74. The molecule has 0 saturated carbocycles. The Morgan fingerprint density at radius 1 is 1.06 bits per heavy atom. The number of piperazine rings is 1. The van der Waals surface area contributed by atoms with Crippen LogP contribution in [0.2, 0.25) is 0 Å². The average Bonchev–Trinajstić information content (AvgIpc) is 2.76. The molecule has 2 heterocycles. The van der Waals surface area contributed by atoms with Crippen LogP contribution in [0.25, 0.3) is 10.9 Å². The molecule has 0 bridgehead atoms. The van der Waals surface area contributed by atoms with Crippen LogP contribution in [0.4, 0.5) is 11.4 Å². The van der Waals surface area contributed by atoms with Gasteiger partial charge in [0.1, 0.15) is 0 Å². The quantitative estimate of drug-likeness (QED) is 0.689. The Bertz CT molecular complexity index is 1160. The van der Waals surface area contributed by atoms with E-state index in [4.69, 9.17) is 0 Å². The monoisotopic (exact) mass is 419 g/mol. The number of hydrogen-bond donors (Lipinski definition) is 1. The minimum atomic E-state index is -0.119. The van der Waals surface area contributed by atoms with Gasteiger partial charge in [-0.3, -0.25) is 14.2 Å². The zero-order valence-electron chi connectivity index (χ0n) is 18.4. The van der Waals surface area contributed by atoms with Crippen LogP contribution in [0.3, 0.4) is 0 Å². The maximum Gasteiger partial charge on any atom is 0.261 e. The lowest BCUT2D eigenvalue weighted by atomic mass is 10.1. The Kier molecular flexibility index (Phi) is 6.04. The van der Waals surface area contributed by atoms with Crippen LogP contribution < -0.4 is 15.8 Å². The number of fused-ring (bicyclic) bond motifs is 1. The van der Waals surface area contributed by atoms with Gasteiger partial charge in [-0.05, 0) is 56.3 Å². The number of aryl methyl sites for hydroxylation is 3. The molecule has 7 heteroatoms. The molecule has 0 spiro atoms. The van der Waals surface area contributed by atoms with Crippen LogP contribution >= 0.6 is 0 Å². The number of anilines is 2. The van der Waals surface area contributed by atoms with E-state index in [0.717, 1.165) is 43.0 Å². The van der Waals surface area contributed by atoms with Crippen LogP contribution in [0, 0.1) is 13.8 Å². The number of likely N-dealkylation sites (N-methyl/N-ethyl adjacent to an activating group) is 1. The summed E-state index contributed by atoms with van der Waals surface area (Å²) in [6, 6.07) is 11.7. The number of aromatic nitrogens is 2. The Labute approximate surface area is 182 Å². The number of nitrogens with one attached hydrogen (secondary N) is 1. The third kappa shape index (κ3) is 4.61. The first-order valence-electron chi connectivity index (χ1n) is 10.7. The number of nitrogens with zero attached hydrogens (tertiary/aromatic N) is 4. The molecule has 4 rings (SSSR count). The van der Waals surface area contributed by atoms with E-state index in [9.17, 15) is 9.59 Å². The Morgan fingerprint density at radius 2 is 1.84 bits per heavy atom. The van der Waals surface area contributed by atoms with Gasteiger partial charge in [-0.15, -0.1) is 0 Å². The van der Waals surface area contributed by atoms with Crippen molar-refractivity contribution in [2.45, 2.75) is 26.8 Å². The van der Waals surface area contributed by atoms with Crippen molar-refractivity contribution in [1.82, 2.24) is 14.5 Å². The number of rotatable bonds is 5. The maximum absolute atomic E-state index is 12.7. The van der Waals surface area contributed by atoms with Gasteiger partial charge in [0.2, 0.25) is 5.91 Å². The van der Waals surface area contributed by atoms with Crippen LogP contribution in [-0.2, 0) is 11.3 Å². The van der Waals surface area contributed by atoms with Crippen LogP contribution in [0.1, 0.15) is 17.5 Å². The fourth-order valence-corrected chi connectivity index (χ4v) is 3.98. The number of amides is 1. The van der Waals surface area contributed by atoms with E-state index in [1.54, 1.807) is 6.07 Å². The number of carbonyl (C=O) groups is 1. The van der Waals surface area contributed by atoms with E-state index >= 15 is 0 Å². The Hall–Kier alpha value is -3.19. The second-order valence-corrected chi connectivity index (χ2v) is 8.30. The van der Waals surface area contributed by atoms with Gasteiger partial charge in [0.05, 0.1) is 17.2 Å². The number of benzene rings is 2. The molecule has 1 aliphatic rings. The first-order valence-corrected chi connectivity index (χ1v) is 10.7. The summed E-state index contributed by atoms with van der Waals surface area (Å²) in [4.78, 5) is 34.3. The summed E-state index contributed by atoms with van der Waals surface area (Å²) >= 11 is 0. The molecule has 3 aromatic rings. The highest BCUT2D eigenvalue weighted by Crippen LogP contribution is 2.24. The molecule has 1 fully saturated rings. The molecule has 162 valence electrons. The van der Waals surface area contributed by atoms with Crippen molar-refractivity contribution in [2.24, 2.45) is 0 Å². The van der Waals surface area contributed by atoms with Gasteiger partial charge < -0.3 is 15.1 Å². The summed E-state index contributed by atoms with van der Waals surface area (Å²) < 4.78 is 1.50. The summed E-state index contributed by atoms with van der Waals surface area (Å²) in [6.45, 7) is 8.37. The third-order valence-corrected chi connectivity index (χ3v) is 5.99. The van der Waals surface area contributed by atoms with Crippen molar-refractivity contribution in [1.29, 1.82) is 0 Å². The lowest BCUT2D eigenvalue weighted by Crippen LogP contribution is -2.44. The number of carbonyl (C=O) groups excluding carboxylic acids is 1. The van der Waals surface area contributed by atoms with Gasteiger partial charge in [0.15, 0.2) is 0 Å². The highest BCUT2D eigenvalue weighted by Gasteiger charge is 2.15. The van der Waals surface area contributed by atoms with Gasteiger partial charge in [-0.1, -0.05) is 12.1 Å². The second-order valence-electron chi connectivity index (χ2n) is 8.30. The third-order valence-electron chi connectivity index (χ3n) is 5.99. The van der Waals surface area contributed by atoms with Gasteiger partial charge >= 0.3 is 0 Å². The molecule has 1 saturated heterocycles. The SMILES string of the molecule is Cc1cc(N2CCN(C)CC2)ccc1NC(=O)CCn1cnc2c(C)cccc2c1=O. The van der Waals surface area contributed by atoms with E-state index in [1.807, 2.05) is 32.0 Å². The molecule has 1 aliphatic heterocycles. The number of para-hydroxylation sites is 1. The van der Waals surface area contributed by atoms with Crippen molar-refractivity contribution in [3.63, 3.8) is 0 Å².